The van der Waals surface area contributed by atoms with E-state index in [0.29, 0.717) is 0 Å². The van der Waals surface area contributed by atoms with Gasteiger partial charge in [-0.2, -0.15) is 0 Å². The van der Waals surface area contributed by atoms with Crippen molar-refractivity contribution in [1.29, 1.82) is 0 Å². The molecule has 0 aliphatic carbocycles. The highest BCUT2D eigenvalue weighted by molar-refractivity contribution is 5.70. The van der Waals surface area contributed by atoms with Gasteiger partial charge in [-0.1, -0.05) is 18.2 Å². The van der Waals surface area contributed by atoms with Crippen LogP contribution in [0.25, 0.3) is 11.2 Å². The van der Waals surface area contributed by atoms with Gasteiger partial charge in [-0.15, -0.1) is 0 Å². The summed E-state index contributed by atoms with van der Waals surface area (Å²) in [6.07, 6.45) is 3.81. The average Bonchev–Trinajstić information content (AvgIpc) is 2.82. The molecule has 0 atom stereocenters. The van der Waals surface area contributed by atoms with E-state index in [2.05, 4.69) is 32.0 Å². The lowest BCUT2D eigenvalue weighted by atomic mass is 10.2. The van der Waals surface area contributed by atoms with Crippen LogP contribution in [-0.2, 0) is 13.5 Å². The molecular formula is C16H18N4. The number of rotatable bonds is 5. The third-order valence-corrected chi connectivity index (χ3v) is 3.40. The van der Waals surface area contributed by atoms with Crippen LogP contribution in [-0.4, -0.2) is 21.1 Å². The lowest BCUT2D eigenvalue weighted by Crippen LogP contribution is -2.05. The van der Waals surface area contributed by atoms with Crippen LogP contribution in [0.2, 0.25) is 0 Å². The zero-order valence-corrected chi connectivity index (χ0v) is 11.6. The highest BCUT2D eigenvalue weighted by Gasteiger charge is 2.07. The molecule has 0 fully saturated rings. The number of imidazole rings is 1. The number of pyridine rings is 1. The number of para-hydroxylation sites is 1. The minimum absolute atomic E-state index is 0.945. The van der Waals surface area contributed by atoms with E-state index in [1.165, 1.54) is 5.69 Å². The molecule has 3 rings (SSSR count). The van der Waals surface area contributed by atoms with E-state index < -0.39 is 0 Å². The van der Waals surface area contributed by atoms with Crippen LogP contribution in [0.3, 0.4) is 0 Å². The van der Waals surface area contributed by atoms with Crippen molar-refractivity contribution < 1.29 is 0 Å². The van der Waals surface area contributed by atoms with Crippen molar-refractivity contribution >= 4 is 16.9 Å². The summed E-state index contributed by atoms with van der Waals surface area (Å²) in [6.45, 7) is 0.945. The molecule has 1 N–H and O–H groups in total. The summed E-state index contributed by atoms with van der Waals surface area (Å²) in [5.41, 5.74) is 3.10. The van der Waals surface area contributed by atoms with Gasteiger partial charge in [-0.3, -0.25) is 0 Å². The van der Waals surface area contributed by atoms with Gasteiger partial charge in [0.15, 0.2) is 5.65 Å². The van der Waals surface area contributed by atoms with Crippen LogP contribution in [0.15, 0.2) is 48.7 Å². The van der Waals surface area contributed by atoms with Crippen molar-refractivity contribution in [3.05, 3.63) is 54.5 Å². The van der Waals surface area contributed by atoms with E-state index in [4.69, 9.17) is 0 Å². The molecule has 102 valence electrons. The summed E-state index contributed by atoms with van der Waals surface area (Å²) in [7, 11) is 2.03. The third kappa shape index (κ3) is 2.64. The maximum absolute atomic E-state index is 4.63. The first kappa shape index (κ1) is 12.7. The standard InChI is InChI=1S/C16H18N4/c1-20-15(19-14-9-5-12-18-16(14)20)10-6-11-17-13-7-3-2-4-8-13/h2-5,7-9,12,17H,6,10-11H2,1H3. The number of aromatic nitrogens is 3. The first-order chi connectivity index (χ1) is 9.84. The maximum atomic E-state index is 4.63. The SMILES string of the molecule is Cn1c(CCCNc2ccccc2)nc2cccnc21. The molecular weight excluding hydrogens is 248 g/mol. The molecule has 4 heteroatoms. The van der Waals surface area contributed by atoms with Crippen LogP contribution >= 0.6 is 0 Å². The van der Waals surface area contributed by atoms with Gasteiger partial charge in [0.05, 0.1) is 0 Å². The van der Waals surface area contributed by atoms with Crippen LogP contribution in [0.1, 0.15) is 12.2 Å². The lowest BCUT2D eigenvalue weighted by Gasteiger charge is -2.06. The number of nitrogens with one attached hydrogen (secondary N) is 1. The number of aryl methyl sites for hydroxylation is 2. The van der Waals surface area contributed by atoms with Crippen molar-refractivity contribution in [2.75, 3.05) is 11.9 Å². The Bertz CT molecular complexity index is 688. The largest absolute Gasteiger partial charge is 0.385 e. The average molecular weight is 266 g/mol. The van der Waals surface area contributed by atoms with Crippen molar-refractivity contribution in [2.45, 2.75) is 12.8 Å². The monoisotopic (exact) mass is 266 g/mol. The molecule has 20 heavy (non-hydrogen) atoms. The molecule has 0 amide bonds. The Balaban J connectivity index is 1.59. The molecule has 0 saturated carbocycles. The Morgan fingerprint density at radius 1 is 1.10 bits per heavy atom. The van der Waals surface area contributed by atoms with Crippen LogP contribution < -0.4 is 5.32 Å². The van der Waals surface area contributed by atoms with Gasteiger partial charge < -0.3 is 9.88 Å². The van der Waals surface area contributed by atoms with Gasteiger partial charge in [-0.05, 0) is 30.7 Å². The van der Waals surface area contributed by atoms with Gasteiger partial charge in [0.1, 0.15) is 11.3 Å². The fourth-order valence-corrected chi connectivity index (χ4v) is 2.33. The van der Waals surface area contributed by atoms with Gasteiger partial charge in [-0.25, -0.2) is 9.97 Å². The highest BCUT2D eigenvalue weighted by atomic mass is 15.1. The number of hydrogen-bond acceptors (Lipinski definition) is 3. The quantitative estimate of drug-likeness (QED) is 0.722. The zero-order chi connectivity index (χ0) is 13.8. The summed E-state index contributed by atoms with van der Waals surface area (Å²) in [6, 6.07) is 14.2. The molecule has 0 spiro atoms. The molecule has 0 aliphatic heterocycles. The number of hydrogen-bond donors (Lipinski definition) is 1. The second-order valence-electron chi connectivity index (χ2n) is 4.83. The predicted octanol–water partition coefficient (Wildman–Crippen LogP) is 3.01. The molecule has 0 bridgehead atoms. The van der Waals surface area contributed by atoms with Gasteiger partial charge >= 0.3 is 0 Å². The van der Waals surface area contributed by atoms with E-state index in [-0.39, 0.29) is 0 Å². The van der Waals surface area contributed by atoms with Crippen LogP contribution in [0.5, 0.6) is 0 Å². The highest BCUT2D eigenvalue weighted by Crippen LogP contribution is 2.13. The molecule has 0 unspecified atom stereocenters. The lowest BCUT2D eigenvalue weighted by molar-refractivity contribution is 0.750. The summed E-state index contributed by atoms with van der Waals surface area (Å²) in [5.74, 6) is 1.09. The van der Waals surface area contributed by atoms with Crippen molar-refractivity contribution in [1.82, 2.24) is 14.5 Å². The number of benzene rings is 1. The molecule has 0 saturated heterocycles. The van der Waals surface area contributed by atoms with Gasteiger partial charge in [0, 0.05) is 31.9 Å². The molecule has 2 heterocycles. The second-order valence-corrected chi connectivity index (χ2v) is 4.83. The van der Waals surface area contributed by atoms with Crippen molar-refractivity contribution in [3.8, 4) is 0 Å². The topological polar surface area (TPSA) is 42.7 Å². The fourth-order valence-electron chi connectivity index (χ4n) is 2.33. The minimum Gasteiger partial charge on any atom is -0.385 e. The van der Waals surface area contributed by atoms with E-state index in [1.54, 1.807) is 0 Å². The zero-order valence-electron chi connectivity index (χ0n) is 11.6. The van der Waals surface area contributed by atoms with Gasteiger partial charge in [0.2, 0.25) is 0 Å². The Kier molecular flexibility index (Phi) is 3.63. The third-order valence-electron chi connectivity index (χ3n) is 3.40. The fraction of sp³-hybridized carbons (Fsp3) is 0.250. The van der Waals surface area contributed by atoms with E-state index >= 15 is 0 Å². The van der Waals surface area contributed by atoms with Gasteiger partial charge in [0.25, 0.3) is 0 Å². The summed E-state index contributed by atoms with van der Waals surface area (Å²) < 4.78 is 2.08. The Morgan fingerprint density at radius 3 is 2.75 bits per heavy atom. The molecule has 4 nitrogen and oxygen atoms in total. The maximum Gasteiger partial charge on any atom is 0.159 e. The molecule has 2 aromatic heterocycles. The first-order valence-electron chi connectivity index (χ1n) is 6.90. The molecule has 1 aromatic carbocycles. The second kappa shape index (κ2) is 5.74. The first-order valence-corrected chi connectivity index (χ1v) is 6.90. The van der Waals surface area contributed by atoms with Crippen LogP contribution in [0, 0.1) is 0 Å². The van der Waals surface area contributed by atoms with Crippen molar-refractivity contribution in [3.63, 3.8) is 0 Å². The summed E-state index contributed by atoms with van der Waals surface area (Å²) >= 11 is 0. The smallest absolute Gasteiger partial charge is 0.159 e. The van der Waals surface area contributed by atoms with Crippen molar-refractivity contribution in [2.24, 2.45) is 7.05 Å². The predicted molar refractivity (Wildman–Crippen MR) is 81.8 cm³/mol. The number of fused-ring (bicyclic) bond motifs is 1. The Morgan fingerprint density at radius 2 is 1.95 bits per heavy atom. The summed E-state index contributed by atoms with van der Waals surface area (Å²) in [4.78, 5) is 8.99. The minimum atomic E-state index is 0.945. The normalized spacial score (nSPS) is 10.8. The molecule has 3 aromatic rings. The molecule has 0 aliphatic rings. The summed E-state index contributed by atoms with van der Waals surface area (Å²) in [5, 5.41) is 3.42. The Labute approximate surface area is 118 Å². The van der Waals surface area contributed by atoms with E-state index in [9.17, 15) is 0 Å². The Hall–Kier alpha value is -2.36. The molecule has 0 radical (unpaired) electrons. The number of nitrogens with zero attached hydrogens (tertiary/aromatic N) is 3. The van der Waals surface area contributed by atoms with E-state index in [1.807, 2.05) is 43.6 Å². The van der Waals surface area contributed by atoms with E-state index in [0.717, 1.165) is 36.4 Å². The van der Waals surface area contributed by atoms with Crippen LogP contribution in [0.4, 0.5) is 5.69 Å². The number of anilines is 1.